The van der Waals surface area contributed by atoms with Gasteiger partial charge in [0.05, 0.1) is 0 Å². The Morgan fingerprint density at radius 1 is 0.917 bits per heavy atom. The smallest absolute Gasteiger partial charge is 0.253 e. The fourth-order valence-corrected chi connectivity index (χ4v) is 3.23. The lowest BCUT2D eigenvalue weighted by molar-refractivity contribution is 0.0650. The summed E-state index contributed by atoms with van der Waals surface area (Å²) in [5.41, 5.74) is 1.19. The number of carbonyl (C=O) groups is 2. The van der Waals surface area contributed by atoms with Crippen molar-refractivity contribution in [2.75, 3.05) is 13.1 Å². The monoisotopic (exact) mass is 389 g/mol. The molecule has 0 spiro atoms. The van der Waals surface area contributed by atoms with Gasteiger partial charge in [0.25, 0.3) is 5.91 Å². The maximum Gasteiger partial charge on any atom is 0.253 e. The number of likely N-dealkylation sites (tertiary alicyclic amines) is 1. The second-order valence-electron chi connectivity index (χ2n) is 5.94. The molecule has 0 unspecified atom stereocenters. The van der Waals surface area contributed by atoms with E-state index in [1.165, 1.54) is 24.3 Å². The molecule has 0 bridgehead atoms. The number of Topliss-reactive ketones (excluding diaryl/α,β-unsaturated/α-hetero) is 1. The molecular formula is C19H17BrFNO2. The first kappa shape index (κ1) is 16.8. The molecule has 3 rings (SSSR count). The first-order valence-electron chi connectivity index (χ1n) is 7.89. The van der Waals surface area contributed by atoms with E-state index in [1.807, 2.05) is 12.1 Å². The number of amides is 1. The van der Waals surface area contributed by atoms with Crippen LogP contribution in [0.4, 0.5) is 4.39 Å². The van der Waals surface area contributed by atoms with Crippen molar-refractivity contribution in [2.24, 2.45) is 5.92 Å². The second kappa shape index (κ2) is 7.26. The fourth-order valence-electron chi connectivity index (χ4n) is 2.97. The van der Waals surface area contributed by atoms with E-state index < -0.39 is 0 Å². The van der Waals surface area contributed by atoms with Gasteiger partial charge in [-0.3, -0.25) is 9.59 Å². The second-order valence-corrected chi connectivity index (χ2v) is 6.86. The summed E-state index contributed by atoms with van der Waals surface area (Å²) in [6.07, 6.45) is 1.27. The van der Waals surface area contributed by atoms with Gasteiger partial charge >= 0.3 is 0 Å². The van der Waals surface area contributed by atoms with Gasteiger partial charge in [-0.1, -0.05) is 15.9 Å². The van der Waals surface area contributed by atoms with E-state index in [2.05, 4.69) is 15.9 Å². The Bertz CT molecular complexity index is 669. The lowest BCUT2D eigenvalue weighted by Crippen LogP contribution is -2.40. The maximum atomic E-state index is 13.0. The van der Waals surface area contributed by atoms with Gasteiger partial charge < -0.3 is 4.90 Å². The van der Waals surface area contributed by atoms with Crippen molar-refractivity contribution >= 4 is 27.6 Å². The van der Waals surface area contributed by atoms with Crippen LogP contribution in [0.15, 0.2) is 53.0 Å². The van der Waals surface area contributed by atoms with Gasteiger partial charge in [-0.2, -0.15) is 0 Å². The topological polar surface area (TPSA) is 37.4 Å². The Morgan fingerprint density at radius 3 is 2.04 bits per heavy atom. The molecule has 0 aliphatic carbocycles. The molecule has 5 heteroatoms. The standard InChI is InChI=1S/C19H17BrFNO2/c20-16-5-1-15(2-6-16)19(24)22-11-9-14(10-12-22)18(23)13-3-7-17(21)8-4-13/h1-8,14H,9-12H2. The Hall–Kier alpha value is -2.01. The molecule has 2 aromatic carbocycles. The number of piperidine rings is 1. The lowest BCUT2D eigenvalue weighted by atomic mass is 9.88. The first-order valence-corrected chi connectivity index (χ1v) is 8.68. The van der Waals surface area contributed by atoms with Crippen molar-refractivity contribution in [3.63, 3.8) is 0 Å². The van der Waals surface area contributed by atoms with E-state index >= 15 is 0 Å². The number of rotatable bonds is 3. The number of halogens is 2. The molecule has 24 heavy (non-hydrogen) atoms. The highest BCUT2D eigenvalue weighted by molar-refractivity contribution is 9.10. The minimum absolute atomic E-state index is 0.00446. The molecule has 1 aliphatic heterocycles. The lowest BCUT2D eigenvalue weighted by Gasteiger charge is -2.31. The average molecular weight is 390 g/mol. The van der Waals surface area contributed by atoms with E-state index in [0.717, 1.165) is 4.47 Å². The Kier molecular flexibility index (Phi) is 5.09. The molecule has 0 N–H and O–H groups in total. The number of ketones is 1. The van der Waals surface area contributed by atoms with Gasteiger partial charge in [0.2, 0.25) is 0 Å². The quantitative estimate of drug-likeness (QED) is 0.732. The van der Waals surface area contributed by atoms with Crippen LogP contribution >= 0.6 is 15.9 Å². The van der Waals surface area contributed by atoms with Gasteiger partial charge in [-0.25, -0.2) is 4.39 Å². The number of hydrogen-bond donors (Lipinski definition) is 0. The highest BCUT2D eigenvalue weighted by atomic mass is 79.9. The van der Waals surface area contributed by atoms with Crippen molar-refractivity contribution in [3.8, 4) is 0 Å². The van der Waals surface area contributed by atoms with Crippen LogP contribution in [0.2, 0.25) is 0 Å². The van der Waals surface area contributed by atoms with Crippen molar-refractivity contribution in [1.82, 2.24) is 4.90 Å². The Balaban J connectivity index is 1.61. The number of carbonyl (C=O) groups excluding carboxylic acids is 2. The highest BCUT2D eigenvalue weighted by Gasteiger charge is 2.28. The van der Waals surface area contributed by atoms with E-state index in [1.54, 1.807) is 17.0 Å². The normalized spacial score (nSPS) is 15.3. The third-order valence-electron chi connectivity index (χ3n) is 4.37. The van der Waals surface area contributed by atoms with Crippen LogP contribution in [-0.2, 0) is 0 Å². The van der Waals surface area contributed by atoms with E-state index in [0.29, 0.717) is 37.1 Å². The summed E-state index contributed by atoms with van der Waals surface area (Å²) < 4.78 is 13.9. The molecule has 124 valence electrons. The molecule has 2 aromatic rings. The summed E-state index contributed by atoms with van der Waals surface area (Å²) in [6.45, 7) is 1.12. The van der Waals surface area contributed by atoms with Gasteiger partial charge in [0.1, 0.15) is 5.82 Å². The Labute approximate surface area is 148 Å². The van der Waals surface area contributed by atoms with Crippen LogP contribution in [0.25, 0.3) is 0 Å². The third-order valence-corrected chi connectivity index (χ3v) is 4.90. The van der Waals surface area contributed by atoms with E-state index in [-0.39, 0.29) is 23.4 Å². The van der Waals surface area contributed by atoms with Crippen molar-refractivity contribution in [2.45, 2.75) is 12.8 Å². The SMILES string of the molecule is O=C(c1ccc(F)cc1)C1CCN(C(=O)c2ccc(Br)cc2)CC1. The Morgan fingerprint density at radius 2 is 1.46 bits per heavy atom. The molecule has 1 aliphatic rings. The van der Waals surface area contributed by atoms with Crippen LogP contribution in [0.3, 0.4) is 0 Å². The molecule has 1 saturated heterocycles. The van der Waals surface area contributed by atoms with Crippen LogP contribution in [0, 0.1) is 11.7 Å². The summed E-state index contributed by atoms with van der Waals surface area (Å²) in [7, 11) is 0. The molecule has 0 atom stereocenters. The summed E-state index contributed by atoms with van der Waals surface area (Å²) in [6, 6.07) is 12.9. The van der Waals surface area contributed by atoms with Crippen molar-refractivity contribution < 1.29 is 14.0 Å². The van der Waals surface area contributed by atoms with Gasteiger partial charge in [0, 0.05) is 34.6 Å². The average Bonchev–Trinajstić information content (AvgIpc) is 2.62. The summed E-state index contributed by atoms with van der Waals surface area (Å²) in [4.78, 5) is 26.7. The fraction of sp³-hybridized carbons (Fsp3) is 0.263. The summed E-state index contributed by atoms with van der Waals surface area (Å²) in [5.74, 6) is -0.424. The zero-order chi connectivity index (χ0) is 17.1. The highest BCUT2D eigenvalue weighted by Crippen LogP contribution is 2.23. The van der Waals surface area contributed by atoms with Crippen LogP contribution in [0.1, 0.15) is 33.6 Å². The maximum absolute atomic E-state index is 13.0. The molecule has 3 nitrogen and oxygen atoms in total. The van der Waals surface area contributed by atoms with E-state index in [9.17, 15) is 14.0 Å². The number of benzene rings is 2. The minimum Gasteiger partial charge on any atom is -0.339 e. The van der Waals surface area contributed by atoms with Crippen LogP contribution in [0.5, 0.6) is 0 Å². The minimum atomic E-state index is -0.346. The van der Waals surface area contributed by atoms with Crippen LogP contribution in [-0.4, -0.2) is 29.7 Å². The van der Waals surface area contributed by atoms with Crippen molar-refractivity contribution in [1.29, 1.82) is 0 Å². The van der Waals surface area contributed by atoms with Gasteiger partial charge in [-0.05, 0) is 61.4 Å². The predicted octanol–water partition coefficient (Wildman–Crippen LogP) is 4.32. The van der Waals surface area contributed by atoms with Crippen molar-refractivity contribution in [3.05, 3.63) is 69.9 Å². The van der Waals surface area contributed by atoms with E-state index in [4.69, 9.17) is 0 Å². The zero-order valence-electron chi connectivity index (χ0n) is 13.0. The third kappa shape index (κ3) is 3.73. The number of hydrogen-bond acceptors (Lipinski definition) is 2. The molecule has 0 saturated carbocycles. The molecule has 1 fully saturated rings. The number of nitrogens with zero attached hydrogens (tertiary/aromatic N) is 1. The predicted molar refractivity (Wildman–Crippen MR) is 93.5 cm³/mol. The zero-order valence-corrected chi connectivity index (χ0v) is 14.6. The molecular weight excluding hydrogens is 373 g/mol. The van der Waals surface area contributed by atoms with Gasteiger partial charge in [-0.15, -0.1) is 0 Å². The molecule has 0 aromatic heterocycles. The van der Waals surface area contributed by atoms with Gasteiger partial charge in [0.15, 0.2) is 5.78 Å². The summed E-state index contributed by atoms with van der Waals surface area (Å²) in [5, 5.41) is 0. The largest absolute Gasteiger partial charge is 0.339 e. The van der Waals surface area contributed by atoms with Crippen LogP contribution < -0.4 is 0 Å². The molecule has 0 radical (unpaired) electrons. The first-order chi connectivity index (χ1) is 11.5. The molecule has 1 amide bonds. The molecule has 1 heterocycles. The summed E-state index contributed by atoms with van der Waals surface area (Å²) >= 11 is 3.36.